The molecule has 0 saturated carbocycles. The molecule has 0 atom stereocenters. The van der Waals surface area contributed by atoms with Crippen molar-refractivity contribution in [3.8, 4) is 0 Å². The molecule has 0 amide bonds. The van der Waals surface area contributed by atoms with E-state index in [4.69, 9.17) is 0 Å². The van der Waals surface area contributed by atoms with Gasteiger partial charge in [-0.1, -0.05) is 6.42 Å². The highest BCUT2D eigenvalue weighted by molar-refractivity contribution is 7.11. The van der Waals surface area contributed by atoms with E-state index in [9.17, 15) is 0 Å². The average molecular weight is 212 g/mol. The Bertz CT molecular complexity index is 256. The van der Waals surface area contributed by atoms with Crippen molar-refractivity contribution in [3.63, 3.8) is 0 Å². The van der Waals surface area contributed by atoms with Gasteiger partial charge in [0.25, 0.3) is 0 Å². The van der Waals surface area contributed by atoms with E-state index >= 15 is 0 Å². The molecule has 14 heavy (non-hydrogen) atoms. The van der Waals surface area contributed by atoms with Crippen LogP contribution in [-0.4, -0.2) is 30.5 Å². The normalized spacial score (nSPS) is 11.1. The van der Waals surface area contributed by atoms with E-state index in [1.807, 2.05) is 17.5 Å². The van der Waals surface area contributed by atoms with E-state index in [1.54, 1.807) is 0 Å². The lowest BCUT2D eigenvalue weighted by atomic mass is 10.2. The van der Waals surface area contributed by atoms with Gasteiger partial charge in [0.1, 0.15) is 0 Å². The molecule has 0 aliphatic carbocycles. The van der Waals surface area contributed by atoms with Crippen LogP contribution in [0.1, 0.15) is 29.1 Å². The minimum Gasteiger partial charge on any atom is -0.309 e. The maximum atomic E-state index is 4.36. The molecule has 2 nitrogen and oxygen atoms in total. The molecule has 0 saturated heterocycles. The summed E-state index contributed by atoms with van der Waals surface area (Å²) in [4.78, 5) is 7.93. The second kappa shape index (κ2) is 6.14. The Hall–Kier alpha value is -0.410. The van der Waals surface area contributed by atoms with Crippen molar-refractivity contribution >= 4 is 11.3 Å². The van der Waals surface area contributed by atoms with Crippen LogP contribution in [0.3, 0.4) is 0 Å². The van der Waals surface area contributed by atoms with Gasteiger partial charge < -0.3 is 4.90 Å². The van der Waals surface area contributed by atoms with E-state index in [1.165, 1.54) is 35.7 Å². The third-order valence-corrected chi connectivity index (χ3v) is 3.14. The molecule has 0 aliphatic rings. The van der Waals surface area contributed by atoms with Crippen molar-refractivity contribution in [2.45, 2.75) is 32.6 Å². The van der Waals surface area contributed by atoms with Gasteiger partial charge in [0.05, 0.1) is 5.01 Å². The van der Waals surface area contributed by atoms with Crippen LogP contribution >= 0.6 is 11.3 Å². The molecule has 0 spiro atoms. The Morgan fingerprint density at radius 2 is 2.07 bits per heavy atom. The van der Waals surface area contributed by atoms with E-state index in [-0.39, 0.29) is 0 Å². The Balaban J connectivity index is 2.04. The van der Waals surface area contributed by atoms with Gasteiger partial charge in [0, 0.05) is 11.1 Å². The predicted octanol–water partition coefficient (Wildman–Crippen LogP) is 2.73. The molecule has 1 aromatic rings. The fourth-order valence-corrected chi connectivity index (χ4v) is 2.23. The maximum absolute atomic E-state index is 4.36. The topological polar surface area (TPSA) is 16.1 Å². The van der Waals surface area contributed by atoms with Crippen LogP contribution in [0, 0.1) is 6.92 Å². The summed E-state index contributed by atoms with van der Waals surface area (Å²) in [7, 11) is 4.26. The van der Waals surface area contributed by atoms with Crippen LogP contribution in [0.2, 0.25) is 0 Å². The lowest BCUT2D eigenvalue weighted by molar-refractivity contribution is 0.391. The van der Waals surface area contributed by atoms with Crippen LogP contribution in [0.5, 0.6) is 0 Å². The number of aryl methyl sites for hydroxylation is 2. The van der Waals surface area contributed by atoms with Crippen molar-refractivity contribution < 1.29 is 0 Å². The van der Waals surface area contributed by atoms with Crippen molar-refractivity contribution in [2.24, 2.45) is 0 Å². The van der Waals surface area contributed by atoms with Gasteiger partial charge in [-0.2, -0.15) is 0 Å². The first-order valence-corrected chi connectivity index (χ1v) is 6.06. The zero-order valence-electron chi connectivity index (χ0n) is 9.42. The number of hydrogen-bond acceptors (Lipinski definition) is 3. The van der Waals surface area contributed by atoms with Crippen LogP contribution in [0.25, 0.3) is 0 Å². The SMILES string of the molecule is Cc1cnc(CCCCCN(C)C)s1. The maximum Gasteiger partial charge on any atom is 0.0927 e. The van der Waals surface area contributed by atoms with Crippen molar-refractivity contribution in [1.82, 2.24) is 9.88 Å². The first kappa shape index (κ1) is 11.7. The number of hydrogen-bond donors (Lipinski definition) is 0. The Morgan fingerprint density at radius 1 is 1.29 bits per heavy atom. The van der Waals surface area contributed by atoms with Gasteiger partial charge in [-0.3, -0.25) is 0 Å². The Kier molecular flexibility index (Phi) is 5.12. The van der Waals surface area contributed by atoms with Gasteiger partial charge >= 0.3 is 0 Å². The summed E-state index contributed by atoms with van der Waals surface area (Å²) < 4.78 is 0. The highest BCUT2D eigenvalue weighted by Crippen LogP contribution is 2.14. The quantitative estimate of drug-likeness (QED) is 0.674. The largest absolute Gasteiger partial charge is 0.309 e. The molecule has 1 heterocycles. The number of rotatable bonds is 6. The van der Waals surface area contributed by atoms with Crippen LogP contribution in [-0.2, 0) is 6.42 Å². The van der Waals surface area contributed by atoms with Crippen molar-refractivity contribution in [2.75, 3.05) is 20.6 Å². The predicted molar refractivity (Wildman–Crippen MR) is 63.0 cm³/mol. The molecule has 0 aliphatic heterocycles. The van der Waals surface area contributed by atoms with Gasteiger partial charge in [0.2, 0.25) is 0 Å². The molecule has 1 rings (SSSR count). The number of nitrogens with zero attached hydrogens (tertiary/aromatic N) is 2. The third-order valence-electron chi connectivity index (χ3n) is 2.17. The summed E-state index contributed by atoms with van der Waals surface area (Å²) >= 11 is 1.83. The summed E-state index contributed by atoms with van der Waals surface area (Å²) in [5, 5.41) is 1.30. The number of thiazole rings is 1. The summed E-state index contributed by atoms with van der Waals surface area (Å²) in [6.45, 7) is 3.32. The summed E-state index contributed by atoms with van der Waals surface area (Å²) in [6, 6.07) is 0. The van der Waals surface area contributed by atoms with Crippen LogP contribution in [0.4, 0.5) is 0 Å². The molecule has 80 valence electrons. The van der Waals surface area contributed by atoms with E-state index in [2.05, 4.69) is 30.9 Å². The van der Waals surface area contributed by atoms with E-state index < -0.39 is 0 Å². The standard InChI is InChI=1S/C11H20N2S/c1-10-9-12-11(14-10)7-5-4-6-8-13(2)3/h9H,4-8H2,1-3H3. The summed E-state index contributed by atoms with van der Waals surface area (Å²) in [5.41, 5.74) is 0. The average Bonchev–Trinajstić information content (AvgIpc) is 2.50. The minimum absolute atomic E-state index is 1.16. The summed E-state index contributed by atoms with van der Waals surface area (Å²) in [5.74, 6) is 0. The van der Waals surface area contributed by atoms with Gasteiger partial charge in [-0.05, 0) is 46.8 Å². The van der Waals surface area contributed by atoms with Crippen molar-refractivity contribution in [3.05, 3.63) is 16.1 Å². The lowest BCUT2D eigenvalue weighted by Gasteiger charge is -2.07. The molecule has 0 fully saturated rings. The summed E-state index contributed by atoms with van der Waals surface area (Å²) in [6.07, 6.45) is 7.03. The van der Waals surface area contributed by atoms with Crippen LogP contribution in [0.15, 0.2) is 6.20 Å². The lowest BCUT2D eigenvalue weighted by Crippen LogP contribution is -2.12. The van der Waals surface area contributed by atoms with Crippen LogP contribution < -0.4 is 0 Å². The second-order valence-corrected chi connectivity index (χ2v) is 5.30. The zero-order chi connectivity index (χ0) is 10.4. The third kappa shape index (κ3) is 4.72. The van der Waals surface area contributed by atoms with E-state index in [0.29, 0.717) is 0 Å². The monoisotopic (exact) mass is 212 g/mol. The first-order chi connectivity index (χ1) is 6.68. The molecule has 1 aromatic heterocycles. The van der Waals surface area contributed by atoms with Gasteiger partial charge in [0.15, 0.2) is 0 Å². The van der Waals surface area contributed by atoms with Gasteiger partial charge in [-0.25, -0.2) is 4.98 Å². The molecule has 0 aromatic carbocycles. The minimum atomic E-state index is 1.16. The van der Waals surface area contributed by atoms with Crippen molar-refractivity contribution in [1.29, 1.82) is 0 Å². The molecular formula is C11H20N2S. The van der Waals surface area contributed by atoms with Gasteiger partial charge in [-0.15, -0.1) is 11.3 Å². The second-order valence-electron chi connectivity index (χ2n) is 3.98. The number of unbranched alkanes of at least 4 members (excludes halogenated alkanes) is 2. The Labute approximate surface area is 91.0 Å². The molecular weight excluding hydrogens is 192 g/mol. The zero-order valence-corrected chi connectivity index (χ0v) is 10.2. The number of aromatic nitrogens is 1. The molecule has 0 bridgehead atoms. The first-order valence-electron chi connectivity index (χ1n) is 5.24. The molecule has 0 N–H and O–H groups in total. The molecule has 0 unspecified atom stereocenters. The molecule has 0 radical (unpaired) electrons. The highest BCUT2D eigenvalue weighted by Gasteiger charge is 1.98. The fourth-order valence-electron chi connectivity index (χ4n) is 1.40. The molecule has 3 heteroatoms. The fraction of sp³-hybridized carbons (Fsp3) is 0.727. The highest BCUT2D eigenvalue weighted by atomic mass is 32.1. The smallest absolute Gasteiger partial charge is 0.0927 e. The van der Waals surface area contributed by atoms with E-state index in [0.717, 1.165) is 6.42 Å². The Morgan fingerprint density at radius 3 is 2.64 bits per heavy atom.